The zero-order chi connectivity index (χ0) is 42.9. The summed E-state index contributed by atoms with van der Waals surface area (Å²) in [6.45, 7) is 12.0. The van der Waals surface area contributed by atoms with E-state index in [-0.39, 0.29) is 12.1 Å². The summed E-state index contributed by atoms with van der Waals surface area (Å²) in [5, 5.41) is 6.65. The summed E-state index contributed by atoms with van der Waals surface area (Å²) < 4.78 is 15.6. The molecule has 0 unspecified atom stereocenters. The molecule has 0 aliphatic carbocycles. The molecule has 2 aliphatic heterocycles. The van der Waals surface area contributed by atoms with Crippen molar-refractivity contribution in [1.29, 1.82) is 0 Å². The molecule has 0 bridgehead atoms. The Morgan fingerprint density at radius 2 is 1.17 bits per heavy atom. The van der Waals surface area contributed by atoms with Crippen molar-refractivity contribution < 1.29 is 33.4 Å². The molecule has 15 nitrogen and oxygen atoms in total. The Balaban J connectivity index is 0.000000230. The van der Waals surface area contributed by atoms with E-state index in [2.05, 4.69) is 27.5 Å². The molecule has 0 atom stereocenters. The summed E-state index contributed by atoms with van der Waals surface area (Å²) in [5.41, 5.74) is 2.43. The average Bonchev–Trinajstić information content (AvgIpc) is 3.27. The number of nitrogens with one attached hydrogen (secondary N) is 2. The van der Waals surface area contributed by atoms with E-state index in [4.69, 9.17) is 37.4 Å². The zero-order valence-corrected chi connectivity index (χ0v) is 35.7. The Morgan fingerprint density at radius 1 is 0.667 bits per heavy atom. The number of ether oxygens (including phenoxy) is 3. The number of benzene rings is 2. The molecule has 4 heterocycles. The minimum absolute atomic E-state index is 0.0831. The predicted molar refractivity (Wildman–Crippen MR) is 233 cm³/mol. The van der Waals surface area contributed by atoms with E-state index in [1.54, 1.807) is 35.8 Å². The van der Waals surface area contributed by atoms with Crippen LogP contribution in [-0.4, -0.2) is 116 Å². The van der Waals surface area contributed by atoms with E-state index in [1.165, 1.54) is 12.4 Å². The number of carbonyl (C=O) groups is 4. The highest BCUT2D eigenvalue weighted by Gasteiger charge is 2.25. The third-order valence-electron chi connectivity index (χ3n) is 9.56. The van der Waals surface area contributed by atoms with Crippen LogP contribution in [0.25, 0.3) is 0 Å². The molecule has 0 saturated carbocycles. The molecule has 4 aromatic rings. The Bertz CT molecular complexity index is 2030. The number of rotatable bonds is 13. The van der Waals surface area contributed by atoms with Gasteiger partial charge in [0.05, 0.1) is 41.0 Å². The molecule has 2 fully saturated rings. The van der Waals surface area contributed by atoms with Gasteiger partial charge in [-0.2, -0.15) is 0 Å². The van der Waals surface area contributed by atoms with Gasteiger partial charge in [-0.15, -0.1) is 0 Å². The fourth-order valence-corrected chi connectivity index (χ4v) is 6.85. The molecule has 60 heavy (non-hydrogen) atoms. The van der Waals surface area contributed by atoms with Crippen molar-refractivity contribution in [1.82, 2.24) is 25.1 Å². The van der Waals surface area contributed by atoms with Gasteiger partial charge >= 0.3 is 24.0 Å². The molecule has 2 aromatic carbocycles. The van der Waals surface area contributed by atoms with Crippen molar-refractivity contribution in [2.45, 2.75) is 40.2 Å². The first-order valence-electron chi connectivity index (χ1n) is 20.1. The maximum atomic E-state index is 12.6. The number of aromatic nitrogens is 2. The summed E-state index contributed by atoms with van der Waals surface area (Å²) in [5.74, 6) is 1.11. The van der Waals surface area contributed by atoms with Crippen LogP contribution in [0.4, 0.5) is 26.9 Å². The van der Waals surface area contributed by atoms with Crippen molar-refractivity contribution >= 4 is 64.5 Å². The largest absolute Gasteiger partial charge is 0.494 e. The SMILES string of the molecule is CCCCOc1ccc(NC(=O)N2CCN(c3ncc(C(=O)OCC)cc3Cl)CC2)cc1.CCOC(=O)c1cnc(N2CCN(C(=O)NCc3ccccc3)CC2)c(Cl)c1. The lowest BCUT2D eigenvalue weighted by Gasteiger charge is -2.35. The lowest BCUT2D eigenvalue weighted by Crippen LogP contribution is -2.52. The number of hydrogen-bond acceptors (Lipinski definition) is 11. The minimum Gasteiger partial charge on any atom is -0.494 e. The van der Waals surface area contributed by atoms with Crippen LogP contribution in [-0.2, 0) is 16.0 Å². The van der Waals surface area contributed by atoms with Crippen LogP contribution < -0.4 is 25.2 Å². The van der Waals surface area contributed by atoms with Gasteiger partial charge in [-0.05, 0) is 62.2 Å². The van der Waals surface area contributed by atoms with Crippen LogP contribution in [0.3, 0.4) is 0 Å². The van der Waals surface area contributed by atoms with Crippen molar-refractivity contribution in [3.63, 3.8) is 0 Å². The van der Waals surface area contributed by atoms with E-state index < -0.39 is 11.9 Å². The van der Waals surface area contributed by atoms with E-state index in [1.807, 2.05) is 64.4 Å². The van der Waals surface area contributed by atoms with Gasteiger partial charge in [0, 0.05) is 77.0 Å². The number of unbranched alkanes of at least 4 members (excludes halogenated alkanes) is 1. The number of esters is 2. The lowest BCUT2D eigenvalue weighted by atomic mass is 10.2. The number of urea groups is 2. The molecule has 2 N–H and O–H groups in total. The van der Waals surface area contributed by atoms with Crippen LogP contribution in [0, 0.1) is 0 Å². The molecular weight excluding hydrogens is 811 g/mol. The average molecular weight is 864 g/mol. The van der Waals surface area contributed by atoms with Crippen LogP contribution >= 0.6 is 23.2 Å². The molecule has 2 aromatic heterocycles. The van der Waals surface area contributed by atoms with Crippen LogP contribution in [0.15, 0.2) is 79.1 Å². The third-order valence-corrected chi connectivity index (χ3v) is 10.1. The number of anilines is 3. The topological polar surface area (TPSA) is 159 Å². The number of halogens is 2. The molecule has 4 amide bonds. The summed E-state index contributed by atoms with van der Waals surface area (Å²) >= 11 is 12.7. The molecular formula is C43H52Cl2N8O7. The fourth-order valence-electron chi connectivity index (χ4n) is 6.28. The van der Waals surface area contributed by atoms with Crippen molar-refractivity contribution in [2.75, 3.05) is 87.3 Å². The Kier molecular flexibility index (Phi) is 17.4. The highest BCUT2D eigenvalue weighted by molar-refractivity contribution is 6.33. The second-order valence-electron chi connectivity index (χ2n) is 13.7. The lowest BCUT2D eigenvalue weighted by molar-refractivity contribution is 0.0516. The Morgan fingerprint density at radius 3 is 1.63 bits per heavy atom. The van der Waals surface area contributed by atoms with Crippen LogP contribution in [0.5, 0.6) is 5.75 Å². The summed E-state index contributed by atoms with van der Waals surface area (Å²) in [6, 6.07) is 20.1. The molecule has 6 rings (SSSR count). The van der Waals surface area contributed by atoms with E-state index in [9.17, 15) is 19.2 Å². The quantitative estimate of drug-likeness (QED) is 0.102. The molecule has 0 radical (unpaired) electrons. The maximum Gasteiger partial charge on any atom is 0.339 e. The van der Waals surface area contributed by atoms with Crippen LogP contribution in [0.2, 0.25) is 10.0 Å². The highest BCUT2D eigenvalue weighted by Crippen LogP contribution is 2.27. The van der Waals surface area contributed by atoms with E-state index in [0.717, 1.165) is 29.8 Å². The summed E-state index contributed by atoms with van der Waals surface area (Å²) in [7, 11) is 0. The minimum atomic E-state index is -0.449. The first-order valence-corrected chi connectivity index (χ1v) is 20.9. The normalized spacial score (nSPS) is 13.8. The van der Waals surface area contributed by atoms with Gasteiger partial charge in [0.1, 0.15) is 17.4 Å². The second-order valence-corrected chi connectivity index (χ2v) is 14.6. The number of nitrogens with zero attached hydrogens (tertiary/aromatic N) is 6. The zero-order valence-electron chi connectivity index (χ0n) is 34.2. The van der Waals surface area contributed by atoms with Gasteiger partial charge in [0.15, 0.2) is 0 Å². The molecule has 320 valence electrons. The van der Waals surface area contributed by atoms with Crippen molar-refractivity contribution in [2.24, 2.45) is 0 Å². The summed E-state index contributed by atoms with van der Waals surface area (Å²) in [6.07, 6.45) is 5.04. The van der Waals surface area contributed by atoms with Gasteiger partial charge in [0.2, 0.25) is 0 Å². The fraction of sp³-hybridized carbons (Fsp3) is 0.395. The van der Waals surface area contributed by atoms with Gasteiger partial charge < -0.3 is 44.4 Å². The van der Waals surface area contributed by atoms with Crippen molar-refractivity contribution in [3.8, 4) is 5.75 Å². The van der Waals surface area contributed by atoms with E-state index >= 15 is 0 Å². The number of amides is 4. The predicted octanol–water partition coefficient (Wildman–Crippen LogP) is 7.39. The van der Waals surface area contributed by atoms with Crippen LogP contribution in [0.1, 0.15) is 59.9 Å². The molecule has 0 spiro atoms. The number of carbonyl (C=O) groups excluding carboxylic acids is 4. The molecule has 17 heteroatoms. The van der Waals surface area contributed by atoms with E-state index in [0.29, 0.717) is 112 Å². The smallest absolute Gasteiger partial charge is 0.339 e. The number of piperazine rings is 2. The number of hydrogen-bond donors (Lipinski definition) is 2. The van der Waals surface area contributed by atoms with Crippen molar-refractivity contribution in [3.05, 3.63) is 106 Å². The second kappa shape index (κ2) is 23.1. The first kappa shape index (κ1) is 45.3. The first-order chi connectivity index (χ1) is 29.1. The highest BCUT2D eigenvalue weighted by atomic mass is 35.5. The third kappa shape index (κ3) is 13.1. The Labute approximate surface area is 360 Å². The summed E-state index contributed by atoms with van der Waals surface area (Å²) in [4.78, 5) is 64.8. The molecule has 2 aliphatic rings. The van der Waals surface area contributed by atoms with Gasteiger partial charge in [0.25, 0.3) is 0 Å². The van der Waals surface area contributed by atoms with Gasteiger partial charge in [-0.25, -0.2) is 29.1 Å². The Hall–Kier alpha value is -5.80. The monoisotopic (exact) mass is 862 g/mol. The van der Waals surface area contributed by atoms with Gasteiger partial charge in [-0.3, -0.25) is 0 Å². The molecule has 2 saturated heterocycles. The standard InChI is InChI=1S/C23H29ClN4O4.C20H23ClN4O3/c1-3-5-14-32-19-8-6-18(7-9-19)26-23(30)28-12-10-27(11-13-28)21-20(24)15-17(16-25-21)22(29)31-4-2;1-2-28-19(26)16-12-17(21)18(22-14-16)24-8-10-25(11-9-24)20(27)23-13-15-6-4-3-5-7-15/h6-9,15-16H,3-5,10-14H2,1-2H3,(H,26,30);3-7,12,14H,2,8-11,13H2,1H3,(H,23,27). The van der Waals surface area contributed by atoms with Gasteiger partial charge in [-0.1, -0.05) is 66.9 Å². The maximum absolute atomic E-state index is 12.6. The number of pyridine rings is 2.